The second kappa shape index (κ2) is 13.6. The molecule has 0 spiro atoms. The Morgan fingerprint density at radius 1 is 1.14 bits per heavy atom. The summed E-state index contributed by atoms with van der Waals surface area (Å²) in [7, 11) is 2.81. The maximum atomic E-state index is 15.3. The lowest BCUT2D eigenvalue weighted by atomic mass is 9.94. The van der Waals surface area contributed by atoms with Gasteiger partial charge >= 0.3 is 12.1 Å². The third-order valence-electron chi connectivity index (χ3n) is 8.94. The molecule has 10 nitrogen and oxygen atoms in total. The standard InChI is InChI=1S/C34H32F5N5O5/c1-43-27-7-9-40-16-19(27)12-23(32(43)46)22-6-5-18(21-4-3-8-41-30(21)22)13-26(33(47)48-2)42-31(45)29-24(35)14-20(15-25(29)36)44-10-11-49-17-28(44)34(37,38)39/h3-6,8,12,14-15,26,28,40H,7,9-11,13,16-17H2,1-2H3,(H,42,45)/t26-,28+/m0/s1. The maximum Gasteiger partial charge on any atom is 0.411 e. The molecular weight excluding hydrogens is 653 g/mol. The van der Waals surface area contributed by atoms with Crippen LogP contribution in [0.3, 0.4) is 0 Å². The zero-order valence-corrected chi connectivity index (χ0v) is 26.5. The number of amides is 1. The first-order valence-corrected chi connectivity index (χ1v) is 15.5. The highest BCUT2D eigenvalue weighted by atomic mass is 19.4. The van der Waals surface area contributed by atoms with Crippen LogP contribution in [0.2, 0.25) is 0 Å². The van der Waals surface area contributed by atoms with Crippen LogP contribution in [0.15, 0.2) is 53.5 Å². The number of benzene rings is 2. The Kier molecular flexibility index (Phi) is 9.40. The number of carbonyl (C=O) groups is 2. The molecule has 0 aliphatic carbocycles. The number of alkyl halides is 3. The number of rotatable bonds is 7. The van der Waals surface area contributed by atoms with E-state index in [1.54, 1.807) is 42.1 Å². The number of morpholine rings is 1. The van der Waals surface area contributed by atoms with Gasteiger partial charge in [0, 0.05) is 73.6 Å². The van der Waals surface area contributed by atoms with E-state index in [1.165, 1.54) is 0 Å². The molecule has 49 heavy (non-hydrogen) atoms. The van der Waals surface area contributed by atoms with Crippen molar-refractivity contribution in [3.63, 3.8) is 0 Å². The average molecular weight is 686 g/mol. The van der Waals surface area contributed by atoms with Crippen LogP contribution in [0.1, 0.15) is 27.2 Å². The van der Waals surface area contributed by atoms with Crippen molar-refractivity contribution >= 4 is 28.5 Å². The van der Waals surface area contributed by atoms with Crippen LogP contribution in [0.25, 0.3) is 22.0 Å². The highest BCUT2D eigenvalue weighted by molar-refractivity contribution is 5.99. The Hall–Kier alpha value is -4.89. The Bertz CT molecular complexity index is 1980. The van der Waals surface area contributed by atoms with E-state index >= 15 is 8.78 Å². The number of nitrogens with one attached hydrogen (secondary N) is 2. The number of nitrogens with zero attached hydrogens (tertiary/aromatic N) is 3. The van der Waals surface area contributed by atoms with Crippen LogP contribution in [0.4, 0.5) is 27.6 Å². The summed E-state index contributed by atoms with van der Waals surface area (Å²) in [5.74, 6) is -5.05. The molecule has 0 bridgehead atoms. The molecule has 15 heteroatoms. The van der Waals surface area contributed by atoms with Crippen LogP contribution in [-0.4, -0.2) is 73.1 Å². The van der Waals surface area contributed by atoms with Gasteiger partial charge in [0.15, 0.2) is 0 Å². The SMILES string of the molecule is COC(=O)[C@H](Cc1ccc(-c2cc3c(n(C)c2=O)CCNC3)c2ncccc12)NC(=O)c1c(F)cc(N2CCOC[C@@H]2C(F)(F)F)cc1F. The molecule has 258 valence electrons. The lowest BCUT2D eigenvalue weighted by Crippen LogP contribution is -2.53. The number of hydrogen-bond donors (Lipinski definition) is 2. The fraction of sp³-hybridized carbons (Fsp3) is 0.353. The van der Waals surface area contributed by atoms with Gasteiger partial charge in [0.25, 0.3) is 11.5 Å². The van der Waals surface area contributed by atoms with Crippen molar-refractivity contribution in [2.75, 3.05) is 38.3 Å². The lowest BCUT2D eigenvalue weighted by molar-refractivity contribution is -0.167. The number of anilines is 1. The summed E-state index contributed by atoms with van der Waals surface area (Å²) >= 11 is 0. The van der Waals surface area contributed by atoms with Crippen LogP contribution < -0.4 is 21.1 Å². The van der Waals surface area contributed by atoms with Gasteiger partial charge in [-0.25, -0.2) is 13.6 Å². The molecule has 2 N–H and O–H groups in total. The van der Waals surface area contributed by atoms with Crippen molar-refractivity contribution in [1.82, 2.24) is 20.2 Å². The van der Waals surface area contributed by atoms with Crippen LogP contribution in [0.5, 0.6) is 0 Å². The van der Waals surface area contributed by atoms with Gasteiger partial charge in [-0.2, -0.15) is 13.2 Å². The van der Waals surface area contributed by atoms with E-state index in [-0.39, 0.29) is 25.1 Å². The number of pyridine rings is 2. The normalized spacial score (nSPS) is 17.0. The highest BCUT2D eigenvalue weighted by Crippen LogP contribution is 2.33. The molecule has 0 saturated carbocycles. The summed E-state index contributed by atoms with van der Waals surface area (Å²) in [4.78, 5) is 44.9. The molecule has 0 unspecified atom stereocenters. The maximum absolute atomic E-state index is 15.3. The number of methoxy groups -OCH3 is 1. The van der Waals surface area contributed by atoms with Gasteiger partial charge in [-0.05, 0) is 35.4 Å². The van der Waals surface area contributed by atoms with Gasteiger partial charge in [-0.3, -0.25) is 14.6 Å². The van der Waals surface area contributed by atoms with Gasteiger partial charge in [-0.1, -0.05) is 18.2 Å². The minimum Gasteiger partial charge on any atom is -0.467 e. The molecule has 1 fully saturated rings. The van der Waals surface area contributed by atoms with Gasteiger partial charge < -0.3 is 29.6 Å². The molecule has 1 saturated heterocycles. The monoisotopic (exact) mass is 685 g/mol. The van der Waals surface area contributed by atoms with Crippen LogP contribution >= 0.6 is 0 Å². The van der Waals surface area contributed by atoms with Crippen molar-refractivity contribution < 1.29 is 41.0 Å². The van der Waals surface area contributed by atoms with Crippen molar-refractivity contribution in [2.24, 2.45) is 7.05 Å². The third-order valence-corrected chi connectivity index (χ3v) is 8.94. The van der Waals surface area contributed by atoms with E-state index in [4.69, 9.17) is 9.47 Å². The molecule has 4 heterocycles. The molecular formula is C34H32F5N5O5. The summed E-state index contributed by atoms with van der Waals surface area (Å²) in [6.07, 6.45) is -2.65. The van der Waals surface area contributed by atoms with Gasteiger partial charge in [0.05, 0.1) is 25.8 Å². The fourth-order valence-corrected chi connectivity index (χ4v) is 6.48. The number of carbonyl (C=O) groups excluding carboxylic acids is 2. The minimum atomic E-state index is -4.73. The number of aromatic nitrogens is 2. The molecule has 2 aromatic heterocycles. The zero-order valence-electron chi connectivity index (χ0n) is 26.5. The van der Waals surface area contributed by atoms with Crippen LogP contribution in [0, 0.1) is 11.6 Å². The van der Waals surface area contributed by atoms with E-state index in [1.807, 2.05) is 6.07 Å². The molecule has 1 amide bonds. The van der Waals surface area contributed by atoms with E-state index < -0.39 is 59.6 Å². The first-order chi connectivity index (χ1) is 23.4. The predicted molar refractivity (Wildman–Crippen MR) is 169 cm³/mol. The largest absolute Gasteiger partial charge is 0.467 e. The summed E-state index contributed by atoms with van der Waals surface area (Å²) < 4.78 is 82.7. The van der Waals surface area contributed by atoms with Crippen molar-refractivity contribution in [3.05, 3.63) is 93.0 Å². The van der Waals surface area contributed by atoms with Gasteiger partial charge in [0.1, 0.15) is 29.3 Å². The number of ether oxygens (including phenoxy) is 2. The molecule has 6 rings (SSSR count). The predicted octanol–water partition coefficient (Wildman–Crippen LogP) is 3.81. The topological polar surface area (TPSA) is 115 Å². The van der Waals surface area contributed by atoms with E-state index in [0.29, 0.717) is 52.7 Å². The molecule has 4 aromatic rings. The van der Waals surface area contributed by atoms with E-state index in [2.05, 4.69) is 15.6 Å². The highest BCUT2D eigenvalue weighted by Gasteiger charge is 2.46. The number of hydrogen-bond acceptors (Lipinski definition) is 8. The fourth-order valence-electron chi connectivity index (χ4n) is 6.48. The zero-order chi connectivity index (χ0) is 35.0. The average Bonchev–Trinajstić information content (AvgIpc) is 3.08. The Morgan fingerprint density at radius 3 is 2.61 bits per heavy atom. The Balaban J connectivity index is 1.30. The molecule has 2 aliphatic rings. The molecule has 2 aromatic carbocycles. The van der Waals surface area contributed by atoms with Crippen molar-refractivity contribution in [2.45, 2.75) is 37.6 Å². The van der Waals surface area contributed by atoms with Gasteiger partial charge in [0.2, 0.25) is 0 Å². The lowest BCUT2D eigenvalue weighted by Gasteiger charge is -2.38. The summed E-state index contributed by atoms with van der Waals surface area (Å²) in [6, 6.07) is 6.35. The first kappa shape index (κ1) is 34.0. The van der Waals surface area contributed by atoms with Gasteiger partial charge in [-0.15, -0.1) is 0 Å². The van der Waals surface area contributed by atoms with Crippen LogP contribution in [-0.2, 0) is 40.7 Å². The van der Waals surface area contributed by atoms with Crippen molar-refractivity contribution in [3.8, 4) is 11.1 Å². The summed E-state index contributed by atoms with van der Waals surface area (Å²) in [5, 5.41) is 6.19. The smallest absolute Gasteiger partial charge is 0.411 e. The molecule has 2 atom stereocenters. The Morgan fingerprint density at radius 2 is 1.90 bits per heavy atom. The number of fused-ring (bicyclic) bond motifs is 2. The number of esters is 1. The summed E-state index contributed by atoms with van der Waals surface area (Å²) in [5.41, 5.74) is 2.23. The third kappa shape index (κ3) is 6.59. The minimum absolute atomic E-state index is 0.0918. The van der Waals surface area contributed by atoms with Crippen molar-refractivity contribution in [1.29, 1.82) is 0 Å². The molecule has 0 radical (unpaired) electrons. The quantitative estimate of drug-likeness (QED) is 0.223. The second-order valence-corrected chi connectivity index (χ2v) is 11.9. The van der Waals surface area contributed by atoms with E-state index in [0.717, 1.165) is 29.8 Å². The van der Waals surface area contributed by atoms with E-state index in [9.17, 15) is 27.6 Å². The first-order valence-electron chi connectivity index (χ1n) is 15.5. The summed E-state index contributed by atoms with van der Waals surface area (Å²) in [6.45, 7) is 0.274. The molecule has 2 aliphatic heterocycles. The number of halogens is 5. The Labute approximate surface area is 276 Å². The second-order valence-electron chi connectivity index (χ2n) is 11.9.